The summed E-state index contributed by atoms with van der Waals surface area (Å²) >= 11 is 1.53. The molecule has 0 atom stereocenters. The van der Waals surface area contributed by atoms with E-state index in [-0.39, 0.29) is 12.6 Å². The van der Waals surface area contributed by atoms with Crippen molar-refractivity contribution in [2.45, 2.75) is 6.61 Å². The highest BCUT2D eigenvalue weighted by molar-refractivity contribution is 7.18. The third-order valence-corrected chi connectivity index (χ3v) is 3.98. The SMILES string of the molecule is COc1cccc(C(=O)OCc2nc3ccccc3s2)c1. The van der Waals surface area contributed by atoms with Crippen molar-refractivity contribution in [1.29, 1.82) is 0 Å². The van der Waals surface area contributed by atoms with Gasteiger partial charge in [0.2, 0.25) is 0 Å². The minimum Gasteiger partial charge on any atom is -0.497 e. The standard InChI is InChI=1S/C16H13NO3S/c1-19-12-6-4-5-11(9-12)16(18)20-10-15-17-13-7-2-3-8-14(13)21-15/h2-9H,10H2,1H3. The van der Waals surface area contributed by atoms with Gasteiger partial charge in [0, 0.05) is 0 Å². The summed E-state index contributed by atoms with van der Waals surface area (Å²) in [5.74, 6) is 0.248. The van der Waals surface area contributed by atoms with Crippen LogP contribution in [0.1, 0.15) is 15.4 Å². The Labute approximate surface area is 126 Å². The molecule has 0 aliphatic heterocycles. The summed E-state index contributed by atoms with van der Waals surface area (Å²) in [6.07, 6.45) is 0. The number of thiazole rings is 1. The van der Waals surface area contributed by atoms with Crippen LogP contribution in [0.2, 0.25) is 0 Å². The Morgan fingerprint density at radius 1 is 1.19 bits per heavy atom. The number of rotatable bonds is 4. The van der Waals surface area contributed by atoms with Gasteiger partial charge in [-0.1, -0.05) is 18.2 Å². The van der Waals surface area contributed by atoms with Crippen molar-refractivity contribution < 1.29 is 14.3 Å². The Kier molecular flexibility index (Phi) is 3.83. The van der Waals surface area contributed by atoms with Crippen LogP contribution in [0.4, 0.5) is 0 Å². The maximum absolute atomic E-state index is 12.0. The van der Waals surface area contributed by atoms with Gasteiger partial charge in [-0.25, -0.2) is 9.78 Å². The second-order valence-electron chi connectivity index (χ2n) is 4.38. The summed E-state index contributed by atoms with van der Waals surface area (Å²) in [7, 11) is 1.56. The quantitative estimate of drug-likeness (QED) is 0.690. The topological polar surface area (TPSA) is 48.4 Å². The van der Waals surface area contributed by atoms with Gasteiger partial charge < -0.3 is 9.47 Å². The summed E-state index contributed by atoms with van der Waals surface area (Å²) in [5, 5.41) is 0.785. The minimum absolute atomic E-state index is 0.176. The number of aromatic nitrogens is 1. The molecule has 3 aromatic rings. The lowest BCUT2D eigenvalue weighted by Crippen LogP contribution is -2.05. The second-order valence-corrected chi connectivity index (χ2v) is 5.50. The van der Waals surface area contributed by atoms with Gasteiger partial charge in [0.1, 0.15) is 17.4 Å². The molecule has 2 aromatic carbocycles. The smallest absolute Gasteiger partial charge is 0.338 e. The van der Waals surface area contributed by atoms with Gasteiger partial charge in [0.25, 0.3) is 0 Å². The molecule has 5 heteroatoms. The van der Waals surface area contributed by atoms with Crippen molar-refractivity contribution in [3.63, 3.8) is 0 Å². The highest BCUT2D eigenvalue weighted by Crippen LogP contribution is 2.22. The Bertz CT molecular complexity index is 749. The highest BCUT2D eigenvalue weighted by atomic mass is 32.1. The molecule has 21 heavy (non-hydrogen) atoms. The first kappa shape index (κ1) is 13.6. The molecule has 0 saturated carbocycles. The number of nitrogens with zero attached hydrogens (tertiary/aromatic N) is 1. The Morgan fingerprint density at radius 2 is 2.05 bits per heavy atom. The lowest BCUT2D eigenvalue weighted by atomic mass is 10.2. The summed E-state index contributed by atoms with van der Waals surface area (Å²) < 4.78 is 11.5. The van der Waals surface area contributed by atoms with E-state index in [1.165, 1.54) is 11.3 Å². The molecule has 0 amide bonds. The van der Waals surface area contributed by atoms with Crippen LogP contribution in [0, 0.1) is 0 Å². The number of methoxy groups -OCH3 is 1. The van der Waals surface area contributed by atoms with Crippen LogP contribution in [0.5, 0.6) is 5.75 Å². The summed E-state index contributed by atoms with van der Waals surface area (Å²) in [6, 6.07) is 14.7. The largest absolute Gasteiger partial charge is 0.497 e. The normalized spacial score (nSPS) is 10.5. The van der Waals surface area contributed by atoms with Gasteiger partial charge in [-0.05, 0) is 30.3 Å². The van der Waals surface area contributed by atoms with Crippen molar-refractivity contribution >= 4 is 27.5 Å². The summed E-state index contributed by atoms with van der Waals surface area (Å²) in [4.78, 5) is 16.4. The number of ether oxygens (including phenoxy) is 2. The molecule has 0 radical (unpaired) electrons. The number of hydrogen-bond acceptors (Lipinski definition) is 5. The van der Waals surface area contributed by atoms with Crippen LogP contribution < -0.4 is 4.74 Å². The van der Waals surface area contributed by atoms with Crippen molar-refractivity contribution in [2.75, 3.05) is 7.11 Å². The van der Waals surface area contributed by atoms with E-state index in [0.717, 1.165) is 15.2 Å². The van der Waals surface area contributed by atoms with Crippen LogP contribution >= 0.6 is 11.3 Å². The van der Waals surface area contributed by atoms with Crippen LogP contribution in [-0.4, -0.2) is 18.1 Å². The van der Waals surface area contributed by atoms with Crippen molar-refractivity contribution in [2.24, 2.45) is 0 Å². The fourth-order valence-corrected chi connectivity index (χ4v) is 2.82. The van der Waals surface area contributed by atoms with E-state index < -0.39 is 0 Å². The predicted molar refractivity (Wildman–Crippen MR) is 81.7 cm³/mol. The summed E-state index contributed by atoms with van der Waals surface area (Å²) in [6.45, 7) is 0.176. The van der Waals surface area contributed by atoms with Gasteiger partial charge in [-0.3, -0.25) is 0 Å². The molecule has 0 aliphatic carbocycles. The number of para-hydroxylation sites is 1. The van der Waals surface area contributed by atoms with Gasteiger partial charge in [-0.2, -0.15) is 0 Å². The molecule has 0 bridgehead atoms. The molecule has 1 aromatic heterocycles. The van der Waals surface area contributed by atoms with Gasteiger partial charge in [0.05, 0.1) is 22.9 Å². The number of hydrogen-bond donors (Lipinski definition) is 0. The molecule has 0 saturated heterocycles. The fourth-order valence-electron chi connectivity index (χ4n) is 1.94. The molecule has 3 rings (SSSR count). The summed E-state index contributed by atoms with van der Waals surface area (Å²) in [5.41, 5.74) is 1.39. The molecule has 0 aliphatic rings. The molecule has 0 unspecified atom stereocenters. The lowest BCUT2D eigenvalue weighted by Gasteiger charge is -2.04. The lowest BCUT2D eigenvalue weighted by molar-refractivity contribution is 0.0472. The third kappa shape index (κ3) is 3.03. The molecule has 4 nitrogen and oxygen atoms in total. The molecular formula is C16H13NO3S. The van der Waals surface area contributed by atoms with E-state index in [9.17, 15) is 4.79 Å². The zero-order chi connectivity index (χ0) is 14.7. The molecule has 0 N–H and O–H groups in total. The number of benzene rings is 2. The number of esters is 1. The fraction of sp³-hybridized carbons (Fsp3) is 0.125. The Morgan fingerprint density at radius 3 is 2.86 bits per heavy atom. The highest BCUT2D eigenvalue weighted by Gasteiger charge is 2.10. The van der Waals surface area contributed by atoms with Crippen LogP contribution in [0.25, 0.3) is 10.2 Å². The predicted octanol–water partition coefficient (Wildman–Crippen LogP) is 3.66. The van der Waals surface area contributed by atoms with Crippen LogP contribution in [0.15, 0.2) is 48.5 Å². The van der Waals surface area contributed by atoms with E-state index in [0.29, 0.717) is 11.3 Å². The van der Waals surface area contributed by atoms with Crippen molar-refractivity contribution in [3.05, 3.63) is 59.1 Å². The third-order valence-electron chi connectivity index (χ3n) is 2.97. The molecule has 1 heterocycles. The monoisotopic (exact) mass is 299 g/mol. The van der Waals surface area contributed by atoms with Crippen molar-refractivity contribution in [3.8, 4) is 5.75 Å². The van der Waals surface area contributed by atoms with E-state index in [1.807, 2.05) is 24.3 Å². The van der Waals surface area contributed by atoms with E-state index in [1.54, 1.807) is 31.4 Å². The average Bonchev–Trinajstić information content (AvgIpc) is 2.95. The number of fused-ring (bicyclic) bond motifs is 1. The molecule has 0 fully saturated rings. The average molecular weight is 299 g/mol. The van der Waals surface area contributed by atoms with Gasteiger partial charge in [-0.15, -0.1) is 11.3 Å². The first-order valence-electron chi connectivity index (χ1n) is 6.42. The maximum Gasteiger partial charge on any atom is 0.338 e. The number of carbonyl (C=O) groups is 1. The first-order valence-corrected chi connectivity index (χ1v) is 7.23. The molecular weight excluding hydrogens is 286 g/mol. The number of carbonyl (C=O) groups excluding carboxylic acids is 1. The first-order chi connectivity index (χ1) is 10.3. The second kappa shape index (κ2) is 5.93. The van der Waals surface area contributed by atoms with Gasteiger partial charge >= 0.3 is 5.97 Å². The van der Waals surface area contributed by atoms with E-state index in [4.69, 9.17) is 9.47 Å². The van der Waals surface area contributed by atoms with Crippen LogP contribution in [0.3, 0.4) is 0 Å². The molecule has 106 valence electrons. The van der Waals surface area contributed by atoms with E-state index >= 15 is 0 Å². The zero-order valence-corrected chi connectivity index (χ0v) is 12.2. The van der Waals surface area contributed by atoms with E-state index in [2.05, 4.69) is 4.98 Å². The maximum atomic E-state index is 12.0. The van der Waals surface area contributed by atoms with Crippen LogP contribution in [-0.2, 0) is 11.3 Å². The molecule has 0 spiro atoms. The van der Waals surface area contributed by atoms with Crippen molar-refractivity contribution in [1.82, 2.24) is 4.98 Å². The Balaban J connectivity index is 1.70. The van der Waals surface area contributed by atoms with Gasteiger partial charge in [0.15, 0.2) is 0 Å². The zero-order valence-electron chi connectivity index (χ0n) is 11.4. The minimum atomic E-state index is -0.381. The Hall–Kier alpha value is -2.40.